The van der Waals surface area contributed by atoms with E-state index in [1.54, 1.807) is 6.92 Å². The van der Waals surface area contributed by atoms with Crippen molar-refractivity contribution in [2.75, 3.05) is 19.6 Å². The van der Waals surface area contributed by atoms with Crippen LogP contribution in [-0.4, -0.2) is 57.5 Å². The summed E-state index contributed by atoms with van der Waals surface area (Å²) in [6, 6.07) is 3.17. The third-order valence-corrected chi connectivity index (χ3v) is 10.2. The van der Waals surface area contributed by atoms with Crippen LogP contribution in [0.2, 0.25) is 5.02 Å². The minimum absolute atomic E-state index is 0.0660. The first-order chi connectivity index (χ1) is 19.8. The molecule has 2 fully saturated rings. The van der Waals surface area contributed by atoms with Crippen LogP contribution in [0.4, 0.5) is 0 Å². The molecule has 2 unspecified atom stereocenters. The lowest BCUT2D eigenvalue weighted by Crippen LogP contribution is -2.52. The molecule has 220 valence electrons. The van der Waals surface area contributed by atoms with Crippen molar-refractivity contribution in [1.82, 2.24) is 15.0 Å². The molecular formula is C31H38ClN3O6. The van der Waals surface area contributed by atoms with Crippen molar-refractivity contribution in [3.8, 4) is 5.75 Å². The summed E-state index contributed by atoms with van der Waals surface area (Å²) in [5, 5.41) is 15.0. The topological polar surface area (TPSA) is 113 Å². The number of amides is 2. The Hall–Kier alpha value is -3.07. The van der Waals surface area contributed by atoms with Gasteiger partial charge in [0.05, 0.1) is 17.4 Å². The number of carboxylic acids is 1. The van der Waals surface area contributed by atoms with Crippen LogP contribution < -0.4 is 4.74 Å². The molecule has 3 heterocycles. The molecule has 3 atom stereocenters. The summed E-state index contributed by atoms with van der Waals surface area (Å²) in [5.74, 6) is -0.107. The number of rotatable bonds is 7. The Morgan fingerprint density at radius 2 is 1.93 bits per heavy atom. The quantitative estimate of drug-likeness (QED) is 0.481. The van der Waals surface area contributed by atoms with Gasteiger partial charge in [-0.1, -0.05) is 29.6 Å². The Bertz CT molecular complexity index is 1360. The molecule has 1 aromatic carbocycles. The lowest BCUT2D eigenvalue weighted by Gasteiger charge is -2.45. The maximum absolute atomic E-state index is 14.3. The lowest BCUT2D eigenvalue weighted by molar-refractivity contribution is -0.162. The van der Waals surface area contributed by atoms with E-state index >= 15 is 0 Å². The second-order valence-corrected chi connectivity index (χ2v) is 12.6. The van der Waals surface area contributed by atoms with Crippen molar-refractivity contribution in [2.24, 2.45) is 11.3 Å². The molecule has 0 bridgehead atoms. The first kappa shape index (κ1) is 28.1. The fraction of sp³-hybridized carbons (Fsp3) is 0.613. The Labute approximate surface area is 245 Å². The minimum atomic E-state index is -1.12. The van der Waals surface area contributed by atoms with E-state index in [-0.39, 0.29) is 18.4 Å². The largest absolute Gasteiger partial charge is 0.487 e. The zero-order valence-electron chi connectivity index (χ0n) is 23.6. The number of aromatic nitrogens is 1. The first-order valence-corrected chi connectivity index (χ1v) is 15.4. The molecule has 2 amide bonds. The Balaban J connectivity index is 1.36. The number of nitrogens with zero attached hydrogens (tertiary/aromatic N) is 3. The molecule has 1 N–H and O–H groups in total. The molecule has 0 radical (unpaired) electrons. The van der Waals surface area contributed by atoms with Gasteiger partial charge < -0.3 is 24.2 Å². The molecule has 9 nitrogen and oxygen atoms in total. The van der Waals surface area contributed by atoms with Crippen molar-refractivity contribution in [3.05, 3.63) is 45.3 Å². The summed E-state index contributed by atoms with van der Waals surface area (Å²) in [4.78, 5) is 43.1. The van der Waals surface area contributed by atoms with Gasteiger partial charge in [-0.3, -0.25) is 14.4 Å². The number of hydrogen-bond acceptors (Lipinski definition) is 6. The number of aryl methyl sites for hydroxylation is 1. The Morgan fingerprint density at radius 3 is 2.71 bits per heavy atom. The monoisotopic (exact) mass is 583 g/mol. The van der Waals surface area contributed by atoms with Crippen LogP contribution in [0, 0.1) is 11.3 Å². The number of aliphatic carboxylic acids is 1. The smallest absolute Gasteiger partial charge is 0.310 e. The van der Waals surface area contributed by atoms with E-state index in [1.807, 2.05) is 21.9 Å². The van der Waals surface area contributed by atoms with Gasteiger partial charge in [-0.2, -0.15) is 0 Å². The number of hydrogen-bond donors (Lipinski definition) is 1. The summed E-state index contributed by atoms with van der Waals surface area (Å²) in [6.07, 6.45) is 8.41. The fourth-order valence-corrected chi connectivity index (χ4v) is 7.62. The van der Waals surface area contributed by atoms with Gasteiger partial charge >= 0.3 is 5.97 Å². The number of likely N-dealkylation sites (tertiary alicyclic amines) is 1. The highest BCUT2D eigenvalue weighted by atomic mass is 35.5. The van der Waals surface area contributed by atoms with E-state index in [0.29, 0.717) is 56.1 Å². The van der Waals surface area contributed by atoms with Gasteiger partial charge in [0.15, 0.2) is 0 Å². The highest BCUT2D eigenvalue weighted by Gasteiger charge is 2.50. The van der Waals surface area contributed by atoms with Crippen molar-refractivity contribution >= 4 is 29.4 Å². The highest BCUT2D eigenvalue weighted by Crippen LogP contribution is 2.46. The number of carbonyl (C=O) groups is 3. The fourth-order valence-electron chi connectivity index (χ4n) is 7.36. The van der Waals surface area contributed by atoms with Crippen LogP contribution in [0.15, 0.2) is 16.7 Å². The molecule has 0 spiro atoms. The maximum Gasteiger partial charge on any atom is 0.310 e. The maximum atomic E-state index is 14.3. The van der Waals surface area contributed by atoms with Gasteiger partial charge in [0.1, 0.15) is 23.8 Å². The third-order valence-electron chi connectivity index (χ3n) is 9.81. The van der Waals surface area contributed by atoms with Crippen molar-refractivity contribution < 1.29 is 28.8 Å². The van der Waals surface area contributed by atoms with Gasteiger partial charge in [-0.25, -0.2) is 0 Å². The lowest BCUT2D eigenvalue weighted by atomic mass is 9.66. The van der Waals surface area contributed by atoms with E-state index < -0.39 is 23.3 Å². The van der Waals surface area contributed by atoms with Crippen molar-refractivity contribution in [3.63, 3.8) is 0 Å². The third kappa shape index (κ3) is 5.11. The number of ether oxygens (including phenoxy) is 1. The standard InChI is InChI=1S/C31H38ClN3O6/c1-31(30(38)39)14-5-4-8-21(31)29(37)35-16-13-19-22(32)11-12-26(28(19)24(35)17-34-15-6-10-27(34)36)40-18-23-20-7-2-3-9-25(20)41-33-23/h11-12,21,24H,2-10,13-18H2,1H3,(H,38,39)/t21?,24-,31?/m1/s1. The normalized spacial score (nSPS) is 26.0. The van der Waals surface area contributed by atoms with Crippen LogP contribution in [0.1, 0.15) is 92.5 Å². The summed E-state index contributed by atoms with van der Waals surface area (Å²) in [5.41, 5.74) is 2.51. The van der Waals surface area contributed by atoms with E-state index in [2.05, 4.69) is 5.16 Å². The number of fused-ring (bicyclic) bond motifs is 2. The summed E-state index contributed by atoms with van der Waals surface area (Å²) in [6.45, 7) is 3.30. The number of benzene rings is 1. The van der Waals surface area contributed by atoms with Crippen LogP contribution in [-0.2, 0) is 40.3 Å². The predicted molar refractivity (Wildman–Crippen MR) is 151 cm³/mol. The molecule has 2 aliphatic heterocycles. The van der Waals surface area contributed by atoms with Crippen LogP contribution in [0.25, 0.3) is 0 Å². The summed E-state index contributed by atoms with van der Waals surface area (Å²) >= 11 is 6.74. The van der Waals surface area contributed by atoms with Gasteiger partial charge in [0, 0.05) is 48.6 Å². The zero-order valence-corrected chi connectivity index (χ0v) is 24.4. The van der Waals surface area contributed by atoms with Gasteiger partial charge in [-0.05, 0) is 69.6 Å². The number of halogens is 1. The van der Waals surface area contributed by atoms with Gasteiger partial charge in [0.25, 0.3) is 0 Å². The Morgan fingerprint density at radius 1 is 1.10 bits per heavy atom. The molecule has 4 aliphatic rings. The van der Waals surface area contributed by atoms with Crippen LogP contribution in [0.5, 0.6) is 5.75 Å². The summed E-state index contributed by atoms with van der Waals surface area (Å²) in [7, 11) is 0. The summed E-state index contributed by atoms with van der Waals surface area (Å²) < 4.78 is 12.0. The predicted octanol–water partition coefficient (Wildman–Crippen LogP) is 5.12. The molecule has 2 aromatic rings. The number of carbonyl (C=O) groups excluding carboxylic acids is 2. The SMILES string of the molecule is CC1(C(=O)O)CCCCC1C(=O)N1CCc2c(Cl)ccc(OCc3noc4c3CCCC4)c2[C@H]1CN1CCCC1=O. The van der Waals surface area contributed by atoms with Crippen molar-refractivity contribution in [1.29, 1.82) is 0 Å². The van der Waals surface area contributed by atoms with E-state index in [0.717, 1.165) is 73.1 Å². The average molecular weight is 584 g/mol. The minimum Gasteiger partial charge on any atom is -0.487 e. The second kappa shape index (κ2) is 11.3. The molecule has 1 saturated carbocycles. The van der Waals surface area contributed by atoms with E-state index in [4.69, 9.17) is 20.9 Å². The second-order valence-electron chi connectivity index (χ2n) is 12.2. The average Bonchev–Trinajstić information content (AvgIpc) is 3.58. The molecule has 10 heteroatoms. The molecule has 1 aromatic heterocycles. The van der Waals surface area contributed by atoms with Crippen LogP contribution >= 0.6 is 11.6 Å². The first-order valence-electron chi connectivity index (χ1n) is 15.0. The molecular weight excluding hydrogens is 546 g/mol. The van der Waals surface area contributed by atoms with Gasteiger partial charge in [0.2, 0.25) is 11.8 Å². The molecule has 41 heavy (non-hydrogen) atoms. The molecule has 2 aliphatic carbocycles. The highest BCUT2D eigenvalue weighted by molar-refractivity contribution is 6.31. The van der Waals surface area contributed by atoms with Crippen molar-refractivity contribution in [2.45, 2.75) is 90.2 Å². The Kier molecular flexibility index (Phi) is 7.74. The number of carboxylic acid groups (broad SMARTS) is 1. The molecule has 6 rings (SSSR count). The van der Waals surface area contributed by atoms with Gasteiger partial charge in [-0.15, -0.1) is 0 Å². The van der Waals surface area contributed by atoms with E-state index in [9.17, 15) is 19.5 Å². The van der Waals surface area contributed by atoms with Crippen LogP contribution in [0.3, 0.4) is 0 Å². The zero-order chi connectivity index (χ0) is 28.7. The molecule has 1 saturated heterocycles. The van der Waals surface area contributed by atoms with E-state index in [1.165, 1.54) is 0 Å².